The molecule has 1 aliphatic rings. The number of anilines is 1. The van der Waals surface area contributed by atoms with E-state index in [9.17, 15) is 4.79 Å². The molecule has 122 valence electrons. The maximum absolute atomic E-state index is 12.7. The summed E-state index contributed by atoms with van der Waals surface area (Å²) in [5.74, 6) is 0.0306. The van der Waals surface area contributed by atoms with Gasteiger partial charge in [-0.05, 0) is 37.6 Å². The standard InChI is InChI=1S/C16H21N5OS/c17-16-20-13(11-23-16)5-7-19-15(22)14(21-8-1-2-9-21)12-4-3-6-18-10-12/h3-4,6,10-11,14H,1-2,5,7-9H2,(H2,17,20)(H,19,22)/t14-/m0/s1. The first kappa shape index (κ1) is 15.9. The SMILES string of the molecule is Nc1nc(CCNC(=O)[C@H](c2cccnc2)N2CCCC2)cs1. The highest BCUT2D eigenvalue weighted by atomic mass is 32.1. The molecule has 0 unspecified atom stereocenters. The molecule has 1 aliphatic heterocycles. The van der Waals surface area contributed by atoms with Crippen LogP contribution in [0, 0.1) is 0 Å². The number of amides is 1. The van der Waals surface area contributed by atoms with Crippen molar-refractivity contribution >= 4 is 22.4 Å². The minimum Gasteiger partial charge on any atom is -0.375 e. The molecule has 1 saturated heterocycles. The van der Waals surface area contributed by atoms with Crippen molar-refractivity contribution in [1.29, 1.82) is 0 Å². The van der Waals surface area contributed by atoms with Crippen LogP contribution < -0.4 is 11.1 Å². The second-order valence-corrected chi connectivity index (χ2v) is 6.54. The molecule has 3 N–H and O–H groups in total. The number of nitrogens with zero attached hydrogens (tertiary/aromatic N) is 3. The highest BCUT2D eigenvalue weighted by Gasteiger charge is 2.29. The largest absolute Gasteiger partial charge is 0.375 e. The van der Waals surface area contributed by atoms with Crippen LogP contribution in [-0.4, -0.2) is 40.4 Å². The van der Waals surface area contributed by atoms with Gasteiger partial charge in [-0.25, -0.2) is 4.98 Å². The van der Waals surface area contributed by atoms with Gasteiger partial charge in [-0.15, -0.1) is 11.3 Å². The Labute approximate surface area is 139 Å². The molecule has 6 nitrogen and oxygen atoms in total. The highest BCUT2D eigenvalue weighted by molar-refractivity contribution is 7.13. The van der Waals surface area contributed by atoms with E-state index < -0.39 is 0 Å². The van der Waals surface area contributed by atoms with E-state index >= 15 is 0 Å². The molecule has 7 heteroatoms. The fourth-order valence-electron chi connectivity index (χ4n) is 2.91. The van der Waals surface area contributed by atoms with E-state index in [0.29, 0.717) is 18.1 Å². The second-order valence-electron chi connectivity index (χ2n) is 5.65. The minimum absolute atomic E-state index is 0.0306. The van der Waals surface area contributed by atoms with Crippen molar-refractivity contribution in [2.24, 2.45) is 0 Å². The first-order valence-electron chi connectivity index (χ1n) is 7.85. The lowest BCUT2D eigenvalue weighted by Gasteiger charge is -2.26. The summed E-state index contributed by atoms with van der Waals surface area (Å²) < 4.78 is 0. The number of nitrogens with one attached hydrogen (secondary N) is 1. The number of nitrogens with two attached hydrogens (primary N) is 1. The van der Waals surface area contributed by atoms with Gasteiger partial charge in [0.15, 0.2) is 5.13 Å². The molecule has 2 aromatic heterocycles. The molecule has 1 fully saturated rings. The van der Waals surface area contributed by atoms with Gasteiger partial charge < -0.3 is 11.1 Å². The van der Waals surface area contributed by atoms with E-state index in [-0.39, 0.29) is 11.9 Å². The van der Waals surface area contributed by atoms with Gasteiger partial charge in [0.25, 0.3) is 0 Å². The van der Waals surface area contributed by atoms with Crippen LogP contribution in [0.2, 0.25) is 0 Å². The number of rotatable bonds is 6. The molecule has 0 saturated carbocycles. The molecule has 3 heterocycles. The van der Waals surface area contributed by atoms with Gasteiger partial charge in [0.1, 0.15) is 6.04 Å². The Morgan fingerprint density at radius 2 is 2.26 bits per heavy atom. The molecule has 0 aliphatic carbocycles. The van der Waals surface area contributed by atoms with Crippen molar-refractivity contribution in [2.45, 2.75) is 25.3 Å². The topological polar surface area (TPSA) is 84.1 Å². The maximum atomic E-state index is 12.7. The van der Waals surface area contributed by atoms with Crippen molar-refractivity contribution in [3.63, 3.8) is 0 Å². The van der Waals surface area contributed by atoms with Gasteiger partial charge in [-0.2, -0.15) is 0 Å². The number of carbonyl (C=O) groups excluding carboxylic acids is 1. The number of aromatic nitrogens is 2. The number of likely N-dealkylation sites (tertiary alicyclic amines) is 1. The normalized spacial score (nSPS) is 16.3. The lowest BCUT2D eigenvalue weighted by atomic mass is 10.1. The summed E-state index contributed by atoms with van der Waals surface area (Å²) in [4.78, 5) is 23.3. The van der Waals surface area contributed by atoms with Gasteiger partial charge in [0.05, 0.1) is 5.69 Å². The number of carbonyl (C=O) groups is 1. The fourth-order valence-corrected chi connectivity index (χ4v) is 3.51. The Kier molecular flexibility index (Phi) is 5.19. The molecular weight excluding hydrogens is 310 g/mol. The average Bonchev–Trinajstić information content (AvgIpc) is 3.21. The zero-order valence-electron chi connectivity index (χ0n) is 12.9. The van der Waals surface area contributed by atoms with Crippen molar-refractivity contribution in [1.82, 2.24) is 20.2 Å². The fraction of sp³-hybridized carbons (Fsp3) is 0.438. The van der Waals surface area contributed by atoms with E-state index in [1.54, 1.807) is 12.4 Å². The summed E-state index contributed by atoms with van der Waals surface area (Å²) in [6.45, 7) is 2.47. The number of thiazole rings is 1. The monoisotopic (exact) mass is 331 g/mol. The summed E-state index contributed by atoms with van der Waals surface area (Å²) in [6.07, 6.45) is 6.49. The first-order chi connectivity index (χ1) is 11.2. The van der Waals surface area contributed by atoms with Crippen LogP contribution in [0.1, 0.15) is 30.1 Å². The van der Waals surface area contributed by atoms with Gasteiger partial charge in [0, 0.05) is 30.7 Å². The summed E-state index contributed by atoms with van der Waals surface area (Å²) in [7, 11) is 0. The molecule has 0 radical (unpaired) electrons. The van der Waals surface area contributed by atoms with Gasteiger partial charge >= 0.3 is 0 Å². The third kappa shape index (κ3) is 4.05. The molecule has 3 rings (SSSR count). The molecule has 0 bridgehead atoms. The Morgan fingerprint density at radius 3 is 2.91 bits per heavy atom. The van der Waals surface area contributed by atoms with Gasteiger partial charge in [0.2, 0.25) is 5.91 Å². The quantitative estimate of drug-likeness (QED) is 0.840. The van der Waals surface area contributed by atoms with Crippen molar-refractivity contribution in [3.8, 4) is 0 Å². The summed E-state index contributed by atoms with van der Waals surface area (Å²) in [6, 6.07) is 3.59. The summed E-state index contributed by atoms with van der Waals surface area (Å²) in [5, 5.41) is 5.53. The molecule has 0 aromatic carbocycles. The van der Waals surface area contributed by atoms with E-state index in [1.165, 1.54) is 11.3 Å². The van der Waals surface area contributed by atoms with E-state index in [0.717, 1.165) is 37.2 Å². The third-order valence-corrected chi connectivity index (χ3v) is 4.73. The predicted molar refractivity (Wildman–Crippen MR) is 91.0 cm³/mol. The predicted octanol–water partition coefficient (Wildman–Crippen LogP) is 1.62. The Bertz CT molecular complexity index is 639. The molecule has 23 heavy (non-hydrogen) atoms. The molecule has 0 spiro atoms. The smallest absolute Gasteiger partial charge is 0.242 e. The number of hydrogen-bond donors (Lipinski definition) is 2. The van der Waals surface area contributed by atoms with Crippen LogP contribution in [0.15, 0.2) is 29.9 Å². The Morgan fingerprint density at radius 1 is 1.43 bits per heavy atom. The summed E-state index contributed by atoms with van der Waals surface area (Å²) >= 11 is 1.42. The van der Waals surface area contributed by atoms with E-state index in [1.807, 2.05) is 17.5 Å². The minimum atomic E-state index is -0.258. The Balaban J connectivity index is 1.63. The molecule has 1 atom stereocenters. The highest BCUT2D eigenvalue weighted by Crippen LogP contribution is 2.24. The number of hydrogen-bond acceptors (Lipinski definition) is 6. The van der Waals surface area contributed by atoms with Crippen molar-refractivity contribution in [2.75, 3.05) is 25.4 Å². The molecule has 1 amide bonds. The molecule has 2 aromatic rings. The zero-order chi connectivity index (χ0) is 16.1. The lowest BCUT2D eigenvalue weighted by molar-refractivity contribution is -0.126. The third-order valence-electron chi connectivity index (χ3n) is 4.00. The van der Waals surface area contributed by atoms with Crippen LogP contribution >= 0.6 is 11.3 Å². The zero-order valence-corrected chi connectivity index (χ0v) is 13.8. The van der Waals surface area contributed by atoms with Crippen LogP contribution in [0.3, 0.4) is 0 Å². The van der Waals surface area contributed by atoms with E-state index in [2.05, 4.69) is 20.2 Å². The number of nitrogen functional groups attached to an aromatic ring is 1. The Hall–Kier alpha value is -1.99. The first-order valence-corrected chi connectivity index (χ1v) is 8.73. The van der Waals surface area contributed by atoms with Crippen LogP contribution in [-0.2, 0) is 11.2 Å². The maximum Gasteiger partial charge on any atom is 0.242 e. The van der Waals surface area contributed by atoms with Crippen molar-refractivity contribution < 1.29 is 4.79 Å². The molecular formula is C16H21N5OS. The van der Waals surface area contributed by atoms with Crippen LogP contribution in [0.4, 0.5) is 5.13 Å². The summed E-state index contributed by atoms with van der Waals surface area (Å²) in [5.41, 5.74) is 7.50. The average molecular weight is 331 g/mol. The van der Waals surface area contributed by atoms with Crippen LogP contribution in [0.25, 0.3) is 0 Å². The van der Waals surface area contributed by atoms with Gasteiger partial charge in [-0.3, -0.25) is 14.7 Å². The second kappa shape index (κ2) is 7.52. The number of pyridine rings is 1. The van der Waals surface area contributed by atoms with Crippen LogP contribution in [0.5, 0.6) is 0 Å². The van der Waals surface area contributed by atoms with E-state index in [4.69, 9.17) is 5.73 Å². The van der Waals surface area contributed by atoms with Crippen molar-refractivity contribution in [3.05, 3.63) is 41.2 Å². The van der Waals surface area contributed by atoms with Gasteiger partial charge in [-0.1, -0.05) is 6.07 Å². The lowest BCUT2D eigenvalue weighted by Crippen LogP contribution is -2.40.